The van der Waals surface area contributed by atoms with Gasteiger partial charge in [0.15, 0.2) is 5.78 Å². The standard InChI is InChI=1S/C17H20O4/c18-9-16-7-6-14(17(16,10-19)11-20)13(15(16)21)8-12-4-2-1-3-5-12/h1-5,8,14,18-20H,6-7,9-11H2. The van der Waals surface area contributed by atoms with Gasteiger partial charge in [0.2, 0.25) is 0 Å². The lowest BCUT2D eigenvalue weighted by Crippen LogP contribution is -2.47. The Kier molecular flexibility index (Phi) is 3.48. The van der Waals surface area contributed by atoms with Gasteiger partial charge in [-0.3, -0.25) is 4.79 Å². The summed E-state index contributed by atoms with van der Waals surface area (Å²) < 4.78 is 0. The number of Topliss-reactive ketones (excluding diaryl/α,β-unsaturated/α-hetero) is 1. The molecule has 2 aliphatic carbocycles. The average Bonchev–Trinajstić information content (AvgIpc) is 2.96. The molecule has 0 aromatic heterocycles. The van der Waals surface area contributed by atoms with Crippen molar-refractivity contribution < 1.29 is 20.1 Å². The smallest absolute Gasteiger partial charge is 0.168 e. The summed E-state index contributed by atoms with van der Waals surface area (Å²) >= 11 is 0. The van der Waals surface area contributed by atoms with Crippen LogP contribution in [-0.2, 0) is 4.79 Å². The topological polar surface area (TPSA) is 77.8 Å². The van der Waals surface area contributed by atoms with Gasteiger partial charge in [-0.05, 0) is 30.4 Å². The second-order valence-corrected chi connectivity index (χ2v) is 6.14. The molecule has 112 valence electrons. The van der Waals surface area contributed by atoms with E-state index in [0.717, 1.165) is 5.56 Å². The van der Waals surface area contributed by atoms with Crippen LogP contribution in [0.4, 0.5) is 0 Å². The van der Waals surface area contributed by atoms with Crippen LogP contribution in [0, 0.1) is 16.7 Å². The minimum absolute atomic E-state index is 0.117. The second kappa shape index (κ2) is 5.05. The lowest BCUT2D eigenvalue weighted by molar-refractivity contribution is -0.136. The number of hydrogen-bond donors (Lipinski definition) is 3. The third-order valence-corrected chi connectivity index (χ3v) is 5.51. The van der Waals surface area contributed by atoms with Gasteiger partial charge in [-0.2, -0.15) is 0 Å². The molecule has 2 aliphatic rings. The Morgan fingerprint density at radius 2 is 1.76 bits per heavy atom. The van der Waals surface area contributed by atoms with E-state index in [2.05, 4.69) is 0 Å². The summed E-state index contributed by atoms with van der Waals surface area (Å²) in [7, 11) is 0. The van der Waals surface area contributed by atoms with Crippen LogP contribution >= 0.6 is 0 Å². The lowest BCUT2D eigenvalue weighted by atomic mass is 9.67. The number of ketones is 1. The van der Waals surface area contributed by atoms with Gasteiger partial charge in [-0.25, -0.2) is 0 Å². The largest absolute Gasteiger partial charge is 0.396 e. The van der Waals surface area contributed by atoms with Crippen molar-refractivity contribution in [3.05, 3.63) is 41.5 Å². The van der Waals surface area contributed by atoms with Crippen molar-refractivity contribution >= 4 is 11.9 Å². The summed E-state index contributed by atoms with van der Waals surface area (Å²) in [6.07, 6.45) is 3.08. The Labute approximate surface area is 123 Å². The number of rotatable bonds is 4. The van der Waals surface area contributed by atoms with E-state index in [0.29, 0.717) is 18.4 Å². The number of aliphatic hydroxyl groups is 3. The number of carbonyl (C=O) groups is 1. The predicted octanol–water partition coefficient (Wildman–Crippen LogP) is 1.01. The molecule has 2 bridgehead atoms. The zero-order chi connectivity index (χ0) is 15.1. The van der Waals surface area contributed by atoms with E-state index in [9.17, 15) is 20.1 Å². The van der Waals surface area contributed by atoms with Gasteiger partial charge >= 0.3 is 0 Å². The summed E-state index contributed by atoms with van der Waals surface area (Å²) in [4.78, 5) is 12.8. The highest BCUT2D eigenvalue weighted by Crippen LogP contribution is 2.65. The number of carbonyl (C=O) groups excluding carboxylic acids is 1. The Hall–Kier alpha value is -1.49. The normalized spacial score (nSPS) is 32.0. The van der Waals surface area contributed by atoms with Crippen LogP contribution in [0.5, 0.6) is 0 Å². The third-order valence-electron chi connectivity index (χ3n) is 5.51. The molecule has 0 heterocycles. The first kappa shape index (κ1) is 14.4. The van der Waals surface area contributed by atoms with Crippen LogP contribution < -0.4 is 0 Å². The van der Waals surface area contributed by atoms with Crippen LogP contribution in [0.25, 0.3) is 6.08 Å². The van der Waals surface area contributed by atoms with Crippen LogP contribution in [0.2, 0.25) is 0 Å². The second-order valence-electron chi connectivity index (χ2n) is 6.14. The Balaban J connectivity index is 2.11. The van der Waals surface area contributed by atoms with E-state index in [4.69, 9.17) is 0 Å². The molecule has 0 saturated heterocycles. The lowest BCUT2D eigenvalue weighted by Gasteiger charge is -2.37. The first-order valence-corrected chi connectivity index (χ1v) is 7.29. The van der Waals surface area contributed by atoms with Gasteiger partial charge in [0, 0.05) is 11.0 Å². The van der Waals surface area contributed by atoms with Gasteiger partial charge in [0.05, 0.1) is 25.2 Å². The van der Waals surface area contributed by atoms with Gasteiger partial charge in [0.1, 0.15) is 0 Å². The quantitative estimate of drug-likeness (QED) is 0.723. The van der Waals surface area contributed by atoms with Gasteiger partial charge in [0.25, 0.3) is 0 Å². The third kappa shape index (κ3) is 1.70. The van der Waals surface area contributed by atoms with Crippen LogP contribution in [-0.4, -0.2) is 40.9 Å². The highest BCUT2D eigenvalue weighted by Gasteiger charge is 2.70. The molecule has 2 atom stereocenters. The molecular weight excluding hydrogens is 268 g/mol. The molecule has 0 radical (unpaired) electrons. The number of benzene rings is 1. The highest BCUT2D eigenvalue weighted by molar-refractivity contribution is 6.08. The monoisotopic (exact) mass is 288 g/mol. The molecule has 2 unspecified atom stereocenters. The molecule has 3 N–H and O–H groups in total. The van der Waals surface area contributed by atoms with Crippen LogP contribution in [0.3, 0.4) is 0 Å². The molecule has 0 spiro atoms. The molecule has 0 amide bonds. The van der Waals surface area contributed by atoms with E-state index in [1.165, 1.54) is 0 Å². The number of aliphatic hydroxyl groups excluding tert-OH is 3. The fourth-order valence-corrected chi connectivity index (χ4v) is 4.25. The molecule has 1 aromatic carbocycles. The summed E-state index contributed by atoms with van der Waals surface area (Å²) in [5.41, 5.74) is -0.405. The van der Waals surface area contributed by atoms with Crippen molar-refractivity contribution in [2.45, 2.75) is 12.8 Å². The van der Waals surface area contributed by atoms with E-state index >= 15 is 0 Å². The predicted molar refractivity (Wildman–Crippen MR) is 78.3 cm³/mol. The maximum absolute atomic E-state index is 12.8. The van der Waals surface area contributed by atoms with Crippen LogP contribution in [0.15, 0.2) is 35.9 Å². The first-order chi connectivity index (χ1) is 10.1. The van der Waals surface area contributed by atoms with Gasteiger partial charge < -0.3 is 15.3 Å². The van der Waals surface area contributed by atoms with Crippen molar-refractivity contribution in [1.29, 1.82) is 0 Å². The molecule has 4 heteroatoms. The van der Waals surface area contributed by atoms with E-state index in [1.807, 2.05) is 36.4 Å². The maximum Gasteiger partial charge on any atom is 0.168 e. The SMILES string of the molecule is O=C1C(=Cc2ccccc2)C2CCC1(CO)C2(CO)CO. The molecule has 1 aromatic rings. The van der Waals surface area contributed by atoms with Crippen molar-refractivity contribution in [3.8, 4) is 0 Å². The Morgan fingerprint density at radius 1 is 1.10 bits per heavy atom. The molecule has 2 saturated carbocycles. The van der Waals surface area contributed by atoms with Crippen LogP contribution in [0.1, 0.15) is 18.4 Å². The fourth-order valence-electron chi connectivity index (χ4n) is 4.25. The zero-order valence-electron chi connectivity index (χ0n) is 11.8. The minimum atomic E-state index is -1.03. The van der Waals surface area contributed by atoms with Crippen molar-refractivity contribution in [1.82, 2.24) is 0 Å². The molecule has 4 nitrogen and oxygen atoms in total. The Morgan fingerprint density at radius 3 is 2.29 bits per heavy atom. The fraction of sp³-hybridized carbons (Fsp3) is 0.471. The first-order valence-electron chi connectivity index (χ1n) is 7.29. The summed E-state index contributed by atoms with van der Waals surface area (Å²) in [6, 6.07) is 9.54. The number of fused-ring (bicyclic) bond motifs is 2. The minimum Gasteiger partial charge on any atom is -0.396 e. The van der Waals surface area contributed by atoms with E-state index in [-0.39, 0.29) is 31.5 Å². The molecule has 3 rings (SSSR count). The summed E-state index contributed by atoms with van der Waals surface area (Å²) in [5.74, 6) is -0.305. The molecule has 0 aliphatic heterocycles. The van der Waals surface area contributed by atoms with Crippen molar-refractivity contribution in [2.24, 2.45) is 16.7 Å². The van der Waals surface area contributed by atoms with Gasteiger partial charge in [-0.1, -0.05) is 30.3 Å². The van der Waals surface area contributed by atoms with E-state index < -0.39 is 10.8 Å². The van der Waals surface area contributed by atoms with E-state index in [1.54, 1.807) is 0 Å². The summed E-state index contributed by atoms with van der Waals surface area (Å²) in [5, 5.41) is 29.5. The number of allylic oxidation sites excluding steroid dienone is 1. The van der Waals surface area contributed by atoms with Crippen molar-refractivity contribution in [2.75, 3.05) is 19.8 Å². The average molecular weight is 288 g/mol. The molecule has 21 heavy (non-hydrogen) atoms. The summed E-state index contributed by atoms with van der Waals surface area (Å²) in [6.45, 7) is -0.894. The molecule has 2 fully saturated rings. The van der Waals surface area contributed by atoms with Crippen molar-refractivity contribution in [3.63, 3.8) is 0 Å². The molecular formula is C17H20O4. The highest BCUT2D eigenvalue weighted by atomic mass is 16.3. The zero-order valence-corrected chi connectivity index (χ0v) is 11.8. The maximum atomic E-state index is 12.8. The van der Waals surface area contributed by atoms with Gasteiger partial charge in [-0.15, -0.1) is 0 Å². The number of hydrogen-bond acceptors (Lipinski definition) is 4. The Bertz CT molecular complexity index is 574.